The monoisotopic (exact) mass is 134 g/mol. The lowest BCUT2D eigenvalue weighted by Gasteiger charge is -1.79. The maximum absolute atomic E-state index is 11.0. The van der Waals surface area contributed by atoms with Gasteiger partial charge in [-0.2, -0.15) is 0 Å². The number of hydrogen-bond donors (Lipinski definition) is 0. The molecule has 0 heterocycles. The first kappa shape index (κ1) is 5.97. The molecule has 0 aromatic rings. The van der Waals surface area contributed by atoms with E-state index in [0.717, 1.165) is 12.8 Å². The maximum Gasteiger partial charge on any atom is 0.208 e. The number of rotatable bonds is 1. The molecule has 1 heteroatoms. The minimum atomic E-state index is 0.187. The van der Waals surface area contributed by atoms with E-state index < -0.39 is 0 Å². The van der Waals surface area contributed by atoms with Crippen LogP contribution in [0.4, 0.5) is 0 Å². The van der Waals surface area contributed by atoms with Gasteiger partial charge in [-0.25, -0.2) is 0 Å². The first-order valence-corrected chi connectivity index (χ1v) is 3.91. The molecular weight excluding hydrogens is 124 g/mol. The molecule has 0 aromatic heterocycles. The van der Waals surface area contributed by atoms with Crippen molar-refractivity contribution in [3.8, 4) is 11.8 Å². The Bertz CT molecular complexity index is 211. The van der Waals surface area contributed by atoms with Gasteiger partial charge in [-0.05, 0) is 31.6 Å². The molecule has 2 aliphatic carbocycles. The summed E-state index contributed by atoms with van der Waals surface area (Å²) in [4.78, 5) is 11.0. The zero-order chi connectivity index (χ0) is 6.97. The molecule has 2 saturated carbocycles. The summed E-state index contributed by atoms with van der Waals surface area (Å²) >= 11 is 0. The van der Waals surface area contributed by atoms with E-state index in [1.165, 1.54) is 12.8 Å². The van der Waals surface area contributed by atoms with E-state index in [0.29, 0.717) is 11.8 Å². The fraction of sp³-hybridized carbons (Fsp3) is 0.667. The van der Waals surface area contributed by atoms with Crippen LogP contribution in [0.3, 0.4) is 0 Å². The largest absolute Gasteiger partial charge is 0.285 e. The zero-order valence-electron chi connectivity index (χ0n) is 5.89. The number of carbonyl (C=O) groups is 1. The Kier molecular flexibility index (Phi) is 1.27. The second-order valence-electron chi connectivity index (χ2n) is 3.18. The summed E-state index contributed by atoms with van der Waals surface area (Å²) in [5, 5.41) is 0. The lowest BCUT2D eigenvalue weighted by atomic mass is 10.2. The molecule has 2 rings (SSSR count). The number of hydrogen-bond acceptors (Lipinski definition) is 1. The van der Waals surface area contributed by atoms with E-state index in [1.54, 1.807) is 0 Å². The van der Waals surface area contributed by atoms with Gasteiger partial charge in [0, 0.05) is 11.8 Å². The van der Waals surface area contributed by atoms with Gasteiger partial charge < -0.3 is 0 Å². The highest BCUT2D eigenvalue weighted by atomic mass is 16.1. The van der Waals surface area contributed by atoms with Crippen LogP contribution in [0, 0.1) is 23.7 Å². The van der Waals surface area contributed by atoms with Gasteiger partial charge in [-0.1, -0.05) is 5.92 Å². The molecule has 0 aliphatic heterocycles. The topological polar surface area (TPSA) is 17.1 Å². The van der Waals surface area contributed by atoms with Crippen molar-refractivity contribution in [1.82, 2.24) is 0 Å². The van der Waals surface area contributed by atoms with E-state index in [1.807, 2.05) is 0 Å². The van der Waals surface area contributed by atoms with Crippen LogP contribution >= 0.6 is 0 Å². The van der Waals surface area contributed by atoms with Gasteiger partial charge in [0.15, 0.2) is 0 Å². The van der Waals surface area contributed by atoms with Crippen LogP contribution in [0.5, 0.6) is 0 Å². The van der Waals surface area contributed by atoms with Gasteiger partial charge >= 0.3 is 0 Å². The minimum Gasteiger partial charge on any atom is -0.285 e. The summed E-state index contributed by atoms with van der Waals surface area (Å²) in [7, 11) is 0. The Morgan fingerprint density at radius 1 is 1.20 bits per heavy atom. The molecule has 0 aromatic carbocycles. The fourth-order valence-electron chi connectivity index (χ4n) is 0.848. The van der Waals surface area contributed by atoms with E-state index in [4.69, 9.17) is 0 Å². The Labute approximate surface area is 60.8 Å². The Hall–Kier alpha value is -0.770. The zero-order valence-corrected chi connectivity index (χ0v) is 5.89. The van der Waals surface area contributed by atoms with Crippen LogP contribution < -0.4 is 0 Å². The van der Waals surface area contributed by atoms with E-state index in [9.17, 15) is 4.79 Å². The lowest BCUT2D eigenvalue weighted by molar-refractivity contribution is -0.114. The van der Waals surface area contributed by atoms with Crippen molar-refractivity contribution < 1.29 is 4.79 Å². The van der Waals surface area contributed by atoms with Crippen molar-refractivity contribution >= 4 is 5.78 Å². The highest BCUT2D eigenvalue weighted by Gasteiger charge is 2.28. The third-order valence-electron chi connectivity index (χ3n) is 1.92. The van der Waals surface area contributed by atoms with E-state index in [-0.39, 0.29) is 5.78 Å². The van der Waals surface area contributed by atoms with Gasteiger partial charge in [0.2, 0.25) is 5.78 Å². The SMILES string of the molecule is O=C(C#CC1CC1)C1CC1. The fourth-order valence-corrected chi connectivity index (χ4v) is 0.848. The summed E-state index contributed by atoms with van der Waals surface area (Å²) in [5.41, 5.74) is 0. The van der Waals surface area contributed by atoms with Crippen LogP contribution in [0.25, 0.3) is 0 Å². The molecule has 1 nitrogen and oxygen atoms in total. The molecule has 0 bridgehead atoms. The van der Waals surface area contributed by atoms with Crippen molar-refractivity contribution in [2.45, 2.75) is 25.7 Å². The smallest absolute Gasteiger partial charge is 0.208 e. The van der Waals surface area contributed by atoms with Gasteiger partial charge in [0.05, 0.1) is 0 Å². The molecule has 0 N–H and O–H groups in total. The molecule has 10 heavy (non-hydrogen) atoms. The number of carbonyl (C=O) groups excluding carboxylic acids is 1. The van der Waals surface area contributed by atoms with Crippen molar-refractivity contribution in [3.63, 3.8) is 0 Å². The van der Waals surface area contributed by atoms with Crippen molar-refractivity contribution in [2.24, 2.45) is 11.8 Å². The average Bonchev–Trinajstić information content (AvgIpc) is 2.76. The molecular formula is C9H10O. The second-order valence-corrected chi connectivity index (χ2v) is 3.18. The molecule has 0 atom stereocenters. The molecule has 2 aliphatic rings. The van der Waals surface area contributed by atoms with Crippen LogP contribution in [0.15, 0.2) is 0 Å². The molecule has 2 fully saturated rings. The third-order valence-corrected chi connectivity index (χ3v) is 1.92. The number of ketones is 1. The summed E-state index contributed by atoms with van der Waals surface area (Å²) in [6.07, 6.45) is 4.59. The second kappa shape index (κ2) is 2.12. The van der Waals surface area contributed by atoms with Gasteiger partial charge in [-0.15, -0.1) is 0 Å². The Morgan fingerprint density at radius 2 is 1.90 bits per heavy atom. The maximum atomic E-state index is 11.0. The van der Waals surface area contributed by atoms with Crippen LogP contribution in [-0.2, 0) is 4.79 Å². The molecule has 0 saturated heterocycles. The van der Waals surface area contributed by atoms with Crippen LogP contribution in [0.1, 0.15) is 25.7 Å². The first-order valence-electron chi connectivity index (χ1n) is 3.91. The summed E-state index contributed by atoms with van der Waals surface area (Å²) < 4.78 is 0. The lowest BCUT2D eigenvalue weighted by Crippen LogP contribution is -1.94. The normalized spacial score (nSPS) is 23.2. The van der Waals surface area contributed by atoms with E-state index >= 15 is 0 Å². The minimum absolute atomic E-state index is 0.187. The summed E-state index contributed by atoms with van der Waals surface area (Å²) in [6, 6.07) is 0. The average molecular weight is 134 g/mol. The number of Topliss-reactive ketones (excluding diaryl/α,β-unsaturated/α-hetero) is 1. The highest BCUT2D eigenvalue weighted by molar-refractivity contribution is 5.98. The predicted octanol–water partition coefficient (Wildman–Crippen LogP) is 1.38. The molecule has 0 spiro atoms. The van der Waals surface area contributed by atoms with Crippen LogP contribution in [-0.4, -0.2) is 5.78 Å². The van der Waals surface area contributed by atoms with Crippen molar-refractivity contribution in [3.05, 3.63) is 0 Å². The third kappa shape index (κ3) is 1.39. The Balaban J connectivity index is 1.87. The summed E-state index contributed by atoms with van der Waals surface area (Å²) in [5.74, 6) is 6.78. The standard InChI is InChI=1S/C9H10O/c10-9(8-4-5-8)6-3-7-1-2-7/h7-8H,1-2,4-5H2. The quantitative estimate of drug-likeness (QED) is 0.391. The molecule has 0 radical (unpaired) electrons. The molecule has 0 amide bonds. The predicted molar refractivity (Wildman–Crippen MR) is 38.2 cm³/mol. The van der Waals surface area contributed by atoms with E-state index in [2.05, 4.69) is 11.8 Å². The first-order chi connectivity index (χ1) is 4.86. The van der Waals surface area contributed by atoms with Crippen molar-refractivity contribution in [2.75, 3.05) is 0 Å². The molecule has 52 valence electrons. The highest BCUT2D eigenvalue weighted by Crippen LogP contribution is 2.30. The van der Waals surface area contributed by atoms with Gasteiger partial charge in [-0.3, -0.25) is 4.79 Å². The van der Waals surface area contributed by atoms with Crippen molar-refractivity contribution in [1.29, 1.82) is 0 Å². The van der Waals surface area contributed by atoms with Crippen LogP contribution in [0.2, 0.25) is 0 Å². The summed E-state index contributed by atoms with van der Waals surface area (Å²) in [6.45, 7) is 0. The van der Waals surface area contributed by atoms with Gasteiger partial charge in [0.25, 0.3) is 0 Å². The Morgan fingerprint density at radius 3 is 2.40 bits per heavy atom. The van der Waals surface area contributed by atoms with Gasteiger partial charge in [0.1, 0.15) is 0 Å². The molecule has 0 unspecified atom stereocenters.